The van der Waals surface area contributed by atoms with Crippen LogP contribution < -0.4 is 5.32 Å². The summed E-state index contributed by atoms with van der Waals surface area (Å²) in [6, 6.07) is 10.1. The summed E-state index contributed by atoms with van der Waals surface area (Å²) in [6.45, 7) is 5.88. The van der Waals surface area contributed by atoms with Crippen molar-refractivity contribution in [1.82, 2.24) is 15.1 Å². The molecule has 2 aliphatic heterocycles. The molecular formula is C23H33N3O3. The highest BCUT2D eigenvalue weighted by atomic mass is 16.2. The molecule has 158 valence electrons. The Hall–Kier alpha value is -2.37. The van der Waals surface area contributed by atoms with Crippen molar-refractivity contribution in [1.29, 1.82) is 0 Å². The lowest BCUT2D eigenvalue weighted by Gasteiger charge is -2.34. The van der Waals surface area contributed by atoms with Crippen molar-refractivity contribution in [2.24, 2.45) is 5.92 Å². The van der Waals surface area contributed by atoms with Gasteiger partial charge in [0.2, 0.25) is 17.7 Å². The van der Waals surface area contributed by atoms with Crippen LogP contribution in [0.25, 0.3) is 0 Å². The molecule has 2 aliphatic rings. The predicted octanol–water partition coefficient (Wildman–Crippen LogP) is 2.89. The second-order valence-electron chi connectivity index (χ2n) is 8.30. The summed E-state index contributed by atoms with van der Waals surface area (Å²) in [4.78, 5) is 41.2. The van der Waals surface area contributed by atoms with Gasteiger partial charge < -0.3 is 15.1 Å². The fraction of sp³-hybridized carbons (Fsp3) is 0.609. The summed E-state index contributed by atoms with van der Waals surface area (Å²) in [5.41, 5.74) is 1.09. The Morgan fingerprint density at radius 2 is 1.86 bits per heavy atom. The summed E-state index contributed by atoms with van der Waals surface area (Å²) in [5, 5.41) is 3.09. The molecule has 0 aromatic heterocycles. The minimum atomic E-state index is -0.260. The third-order valence-corrected chi connectivity index (χ3v) is 6.19. The molecule has 2 heterocycles. The minimum Gasteiger partial charge on any atom is -0.353 e. The summed E-state index contributed by atoms with van der Waals surface area (Å²) >= 11 is 0. The van der Waals surface area contributed by atoms with Gasteiger partial charge in [0.15, 0.2) is 0 Å². The maximum atomic E-state index is 13.0. The first-order chi connectivity index (χ1) is 14.0. The summed E-state index contributed by atoms with van der Waals surface area (Å²) in [7, 11) is 0. The normalized spacial score (nSPS) is 21.3. The Morgan fingerprint density at radius 3 is 2.52 bits per heavy atom. The number of benzene rings is 1. The van der Waals surface area contributed by atoms with Crippen molar-refractivity contribution in [2.45, 2.75) is 64.5 Å². The molecule has 0 bridgehead atoms. The van der Waals surface area contributed by atoms with Crippen molar-refractivity contribution in [3.63, 3.8) is 0 Å². The number of rotatable bonds is 7. The van der Waals surface area contributed by atoms with E-state index in [0.717, 1.165) is 31.2 Å². The number of hydrogen-bond donors (Lipinski definition) is 1. The van der Waals surface area contributed by atoms with Crippen LogP contribution in [0, 0.1) is 5.92 Å². The molecular weight excluding hydrogens is 366 g/mol. The molecule has 0 radical (unpaired) electrons. The number of unbranched alkanes of at least 4 members (excludes halogenated alkanes) is 1. The van der Waals surface area contributed by atoms with Crippen molar-refractivity contribution in [2.75, 3.05) is 19.6 Å². The SMILES string of the molecule is CCCCC(=O)NC1CCN(C(=O)C2CC(=O)N(C(C)c3ccccc3)C2)CC1. The zero-order valence-electron chi connectivity index (χ0n) is 17.6. The zero-order chi connectivity index (χ0) is 20.8. The molecule has 2 unspecified atom stereocenters. The Morgan fingerprint density at radius 1 is 1.17 bits per heavy atom. The Kier molecular flexibility index (Phi) is 7.29. The lowest BCUT2D eigenvalue weighted by molar-refractivity contribution is -0.137. The molecule has 2 saturated heterocycles. The van der Waals surface area contributed by atoms with Gasteiger partial charge in [-0.2, -0.15) is 0 Å². The van der Waals surface area contributed by atoms with Gasteiger partial charge in [-0.05, 0) is 31.7 Å². The van der Waals surface area contributed by atoms with Crippen LogP contribution in [0.15, 0.2) is 30.3 Å². The number of carbonyl (C=O) groups excluding carboxylic acids is 3. The van der Waals surface area contributed by atoms with Gasteiger partial charge in [-0.15, -0.1) is 0 Å². The lowest BCUT2D eigenvalue weighted by Crippen LogP contribution is -2.48. The van der Waals surface area contributed by atoms with E-state index in [9.17, 15) is 14.4 Å². The average molecular weight is 400 g/mol. The third-order valence-electron chi connectivity index (χ3n) is 6.19. The second kappa shape index (κ2) is 9.90. The van der Waals surface area contributed by atoms with Gasteiger partial charge >= 0.3 is 0 Å². The van der Waals surface area contributed by atoms with Crippen LogP contribution >= 0.6 is 0 Å². The first-order valence-corrected chi connectivity index (χ1v) is 10.9. The molecule has 2 atom stereocenters. The van der Waals surface area contributed by atoms with Crippen LogP contribution in [0.3, 0.4) is 0 Å². The minimum absolute atomic E-state index is 0.0226. The molecule has 6 heteroatoms. The van der Waals surface area contributed by atoms with E-state index in [1.54, 1.807) is 0 Å². The number of amides is 3. The van der Waals surface area contributed by atoms with Gasteiger partial charge in [-0.25, -0.2) is 0 Å². The van der Waals surface area contributed by atoms with Crippen molar-refractivity contribution < 1.29 is 14.4 Å². The maximum Gasteiger partial charge on any atom is 0.227 e. The molecule has 6 nitrogen and oxygen atoms in total. The Balaban J connectivity index is 1.49. The van der Waals surface area contributed by atoms with E-state index in [1.165, 1.54) is 0 Å². The first kappa shape index (κ1) is 21.3. The Bertz CT molecular complexity index is 713. The fourth-order valence-corrected chi connectivity index (χ4v) is 4.32. The predicted molar refractivity (Wildman–Crippen MR) is 112 cm³/mol. The average Bonchev–Trinajstić information content (AvgIpc) is 3.14. The maximum absolute atomic E-state index is 13.0. The van der Waals surface area contributed by atoms with Crippen molar-refractivity contribution in [3.05, 3.63) is 35.9 Å². The van der Waals surface area contributed by atoms with Gasteiger partial charge in [-0.1, -0.05) is 43.7 Å². The second-order valence-corrected chi connectivity index (χ2v) is 8.30. The van der Waals surface area contributed by atoms with E-state index in [1.807, 2.05) is 47.1 Å². The van der Waals surface area contributed by atoms with E-state index in [0.29, 0.717) is 32.5 Å². The van der Waals surface area contributed by atoms with Crippen LogP contribution in [0.5, 0.6) is 0 Å². The molecule has 2 fully saturated rings. The van der Waals surface area contributed by atoms with Crippen LogP contribution in [0.2, 0.25) is 0 Å². The number of piperidine rings is 1. The zero-order valence-corrected chi connectivity index (χ0v) is 17.6. The summed E-state index contributed by atoms with van der Waals surface area (Å²) < 4.78 is 0. The molecule has 1 aromatic rings. The smallest absolute Gasteiger partial charge is 0.227 e. The number of carbonyl (C=O) groups is 3. The lowest BCUT2D eigenvalue weighted by atomic mass is 10.0. The number of hydrogen-bond acceptors (Lipinski definition) is 3. The van der Waals surface area contributed by atoms with Gasteiger partial charge in [0.25, 0.3) is 0 Å². The molecule has 0 aliphatic carbocycles. The third kappa shape index (κ3) is 5.37. The molecule has 3 rings (SSSR count). The van der Waals surface area contributed by atoms with Crippen LogP contribution in [-0.4, -0.2) is 53.2 Å². The van der Waals surface area contributed by atoms with Crippen molar-refractivity contribution >= 4 is 17.7 Å². The first-order valence-electron chi connectivity index (χ1n) is 10.9. The topological polar surface area (TPSA) is 69.7 Å². The van der Waals surface area contributed by atoms with E-state index in [4.69, 9.17) is 0 Å². The largest absolute Gasteiger partial charge is 0.353 e. The van der Waals surface area contributed by atoms with E-state index >= 15 is 0 Å². The molecule has 29 heavy (non-hydrogen) atoms. The van der Waals surface area contributed by atoms with Gasteiger partial charge in [0.1, 0.15) is 0 Å². The number of likely N-dealkylation sites (tertiary alicyclic amines) is 2. The number of nitrogens with one attached hydrogen (secondary N) is 1. The highest BCUT2D eigenvalue weighted by molar-refractivity contribution is 5.89. The highest BCUT2D eigenvalue weighted by Crippen LogP contribution is 2.30. The molecule has 3 amide bonds. The van der Waals surface area contributed by atoms with E-state index < -0.39 is 0 Å². The molecule has 0 spiro atoms. The standard InChI is InChI=1S/C23H33N3O3/c1-3-4-10-21(27)24-20-11-13-25(14-12-20)23(29)19-15-22(28)26(16-19)17(2)18-8-6-5-7-9-18/h5-9,17,19-20H,3-4,10-16H2,1-2H3,(H,24,27). The molecule has 1 aromatic carbocycles. The Labute approximate surface area is 173 Å². The summed E-state index contributed by atoms with van der Waals surface area (Å²) in [5.74, 6) is -0.0115. The van der Waals surface area contributed by atoms with Crippen LogP contribution in [0.1, 0.15) is 64.0 Å². The monoisotopic (exact) mass is 399 g/mol. The van der Waals surface area contributed by atoms with Crippen LogP contribution in [-0.2, 0) is 14.4 Å². The van der Waals surface area contributed by atoms with E-state index in [2.05, 4.69) is 12.2 Å². The van der Waals surface area contributed by atoms with Gasteiger partial charge in [-0.3, -0.25) is 14.4 Å². The molecule has 1 N–H and O–H groups in total. The highest BCUT2D eigenvalue weighted by Gasteiger charge is 2.39. The number of nitrogens with zero attached hydrogens (tertiary/aromatic N) is 2. The van der Waals surface area contributed by atoms with Gasteiger partial charge in [0, 0.05) is 38.5 Å². The summed E-state index contributed by atoms with van der Waals surface area (Å²) in [6.07, 6.45) is 4.37. The fourth-order valence-electron chi connectivity index (χ4n) is 4.32. The quantitative estimate of drug-likeness (QED) is 0.766. The van der Waals surface area contributed by atoms with Crippen LogP contribution in [0.4, 0.5) is 0 Å². The van der Waals surface area contributed by atoms with E-state index in [-0.39, 0.29) is 35.7 Å². The van der Waals surface area contributed by atoms with Gasteiger partial charge in [0.05, 0.1) is 12.0 Å². The molecule has 0 saturated carbocycles. The van der Waals surface area contributed by atoms with Crippen molar-refractivity contribution in [3.8, 4) is 0 Å².